The maximum absolute atomic E-state index is 12.4. The highest BCUT2D eigenvalue weighted by Gasteiger charge is 2.27. The molecule has 10 heteroatoms. The Balaban J connectivity index is 1.98. The molecular weight excluding hydrogens is 393 g/mol. The minimum absolute atomic E-state index is 0.215. The SMILES string of the molecule is CCC(=O)Nc1cc(C(=O)NC(C)c2ccc(SCC(F)(F)F)nc2)ccn1. The van der Waals surface area contributed by atoms with Crippen LogP contribution in [0.5, 0.6) is 0 Å². The highest BCUT2D eigenvalue weighted by molar-refractivity contribution is 7.99. The van der Waals surface area contributed by atoms with Gasteiger partial charge in [-0.15, -0.1) is 0 Å². The average molecular weight is 412 g/mol. The Morgan fingerprint density at radius 1 is 1.21 bits per heavy atom. The fraction of sp³-hybridized carbons (Fsp3) is 0.333. The summed E-state index contributed by atoms with van der Waals surface area (Å²) in [5.74, 6) is -1.32. The summed E-state index contributed by atoms with van der Waals surface area (Å²) in [7, 11) is 0. The molecule has 2 rings (SSSR count). The van der Waals surface area contributed by atoms with Crippen LogP contribution in [0.3, 0.4) is 0 Å². The van der Waals surface area contributed by atoms with E-state index in [4.69, 9.17) is 0 Å². The smallest absolute Gasteiger partial charge is 0.345 e. The third-order valence-corrected chi connectivity index (χ3v) is 4.61. The number of hydrogen-bond acceptors (Lipinski definition) is 5. The topological polar surface area (TPSA) is 84.0 Å². The first-order chi connectivity index (χ1) is 13.2. The van der Waals surface area contributed by atoms with Crippen LogP contribution in [0.25, 0.3) is 0 Å². The Bertz CT molecular complexity index is 828. The van der Waals surface area contributed by atoms with Gasteiger partial charge in [0, 0.05) is 24.4 Å². The van der Waals surface area contributed by atoms with Crippen molar-refractivity contribution in [2.45, 2.75) is 37.5 Å². The van der Waals surface area contributed by atoms with E-state index in [0.717, 1.165) is 0 Å². The van der Waals surface area contributed by atoms with E-state index in [-0.39, 0.29) is 22.7 Å². The summed E-state index contributed by atoms with van der Waals surface area (Å²) in [6, 6.07) is 5.67. The molecule has 0 fully saturated rings. The molecule has 28 heavy (non-hydrogen) atoms. The maximum Gasteiger partial charge on any atom is 0.398 e. The molecule has 1 atom stereocenters. The second kappa shape index (κ2) is 9.54. The van der Waals surface area contributed by atoms with Crippen LogP contribution >= 0.6 is 11.8 Å². The Hall–Kier alpha value is -2.62. The molecule has 0 saturated heterocycles. The zero-order valence-electron chi connectivity index (χ0n) is 15.2. The summed E-state index contributed by atoms with van der Waals surface area (Å²) in [6.07, 6.45) is -1.12. The first-order valence-corrected chi connectivity index (χ1v) is 9.38. The number of carbonyl (C=O) groups is 2. The number of nitrogens with one attached hydrogen (secondary N) is 2. The van der Waals surface area contributed by atoms with Crippen LogP contribution in [-0.2, 0) is 4.79 Å². The number of nitrogens with zero attached hydrogens (tertiary/aromatic N) is 2. The molecule has 150 valence electrons. The van der Waals surface area contributed by atoms with Gasteiger partial charge in [0.25, 0.3) is 5.91 Å². The van der Waals surface area contributed by atoms with Crippen LogP contribution in [0.1, 0.15) is 42.2 Å². The fourth-order valence-corrected chi connectivity index (χ4v) is 2.73. The number of hydrogen-bond donors (Lipinski definition) is 2. The van der Waals surface area contributed by atoms with Gasteiger partial charge in [-0.25, -0.2) is 9.97 Å². The lowest BCUT2D eigenvalue weighted by Crippen LogP contribution is -2.27. The Labute approximate surface area is 164 Å². The van der Waals surface area contributed by atoms with Gasteiger partial charge >= 0.3 is 6.18 Å². The van der Waals surface area contributed by atoms with Gasteiger partial charge in [-0.3, -0.25) is 9.59 Å². The normalized spacial score (nSPS) is 12.3. The fourth-order valence-electron chi connectivity index (χ4n) is 2.12. The van der Waals surface area contributed by atoms with Crippen LogP contribution in [0.15, 0.2) is 41.7 Å². The standard InChI is InChI=1S/C18H19F3N4O2S/c1-3-15(26)25-14-8-12(6-7-22-14)17(27)24-11(2)13-4-5-16(23-9-13)28-10-18(19,20)21/h4-9,11H,3,10H2,1-2H3,(H,24,27)(H,22,25,26). The number of pyridine rings is 2. The predicted octanol–water partition coefficient (Wildman–Crippen LogP) is 3.97. The number of rotatable bonds is 7. The Kier molecular flexibility index (Phi) is 7.38. The predicted molar refractivity (Wildman–Crippen MR) is 100 cm³/mol. The van der Waals surface area contributed by atoms with Crippen molar-refractivity contribution in [1.82, 2.24) is 15.3 Å². The third kappa shape index (κ3) is 6.84. The van der Waals surface area contributed by atoms with E-state index in [9.17, 15) is 22.8 Å². The molecule has 2 aromatic rings. The summed E-state index contributed by atoms with van der Waals surface area (Å²) in [4.78, 5) is 31.8. The Morgan fingerprint density at radius 2 is 1.96 bits per heavy atom. The molecule has 1 unspecified atom stereocenters. The van der Waals surface area contributed by atoms with Crippen molar-refractivity contribution in [3.8, 4) is 0 Å². The summed E-state index contributed by atoms with van der Waals surface area (Å²) in [6.45, 7) is 3.44. The lowest BCUT2D eigenvalue weighted by molar-refractivity contribution is -0.116. The van der Waals surface area contributed by atoms with Gasteiger partial charge < -0.3 is 10.6 Å². The molecule has 0 aliphatic heterocycles. The van der Waals surface area contributed by atoms with E-state index in [1.807, 2.05) is 0 Å². The first kappa shape index (κ1) is 21.7. The van der Waals surface area contributed by atoms with Crippen molar-refractivity contribution >= 4 is 29.4 Å². The van der Waals surface area contributed by atoms with Crippen LogP contribution in [0.2, 0.25) is 0 Å². The minimum atomic E-state index is -4.26. The molecule has 0 aromatic carbocycles. The van der Waals surface area contributed by atoms with Crippen molar-refractivity contribution in [1.29, 1.82) is 0 Å². The third-order valence-electron chi connectivity index (χ3n) is 3.60. The van der Waals surface area contributed by atoms with E-state index in [0.29, 0.717) is 29.3 Å². The largest absolute Gasteiger partial charge is 0.398 e. The molecule has 0 aliphatic rings. The number of thioether (sulfide) groups is 1. The van der Waals surface area contributed by atoms with Gasteiger partial charge in [0.1, 0.15) is 5.82 Å². The summed E-state index contributed by atoms with van der Waals surface area (Å²) in [5, 5.41) is 5.61. The van der Waals surface area contributed by atoms with E-state index < -0.39 is 18.0 Å². The molecule has 0 bridgehead atoms. The number of amides is 2. The highest BCUT2D eigenvalue weighted by atomic mass is 32.2. The van der Waals surface area contributed by atoms with Crippen LogP contribution < -0.4 is 10.6 Å². The van der Waals surface area contributed by atoms with E-state index in [1.165, 1.54) is 30.6 Å². The van der Waals surface area contributed by atoms with Crippen molar-refractivity contribution in [3.05, 3.63) is 47.8 Å². The van der Waals surface area contributed by atoms with Crippen LogP contribution in [-0.4, -0.2) is 33.7 Å². The summed E-state index contributed by atoms with van der Waals surface area (Å²) < 4.78 is 36.7. The van der Waals surface area contributed by atoms with Crippen molar-refractivity contribution in [2.75, 3.05) is 11.1 Å². The number of anilines is 1. The summed E-state index contributed by atoms with van der Waals surface area (Å²) in [5.41, 5.74) is 0.969. The van der Waals surface area contributed by atoms with Gasteiger partial charge in [-0.1, -0.05) is 24.8 Å². The molecule has 2 aromatic heterocycles. The second-order valence-corrected chi connectivity index (χ2v) is 6.86. The molecule has 0 radical (unpaired) electrons. The highest BCUT2D eigenvalue weighted by Crippen LogP contribution is 2.26. The average Bonchev–Trinajstić information content (AvgIpc) is 2.66. The molecule has 0 spiro atoms. The number of halogens is 3. The van der Waals surface area contributed by atoms with Crippen LogP contribution in [0, 0.1) is 0 Å². The molecular formula is C18H19F3N4O2S. The van der Waals surface area contributed by atoms with Crippen molar-refractivity contribution < 1.29 is 22.8 Å². The number of alkyl halides is 3. The quantitative estimate of drug-likeness (QED) is 0.673. The first-order valence-electron chi connectivity index (χ1n) is 8.40. The second-order valence-electron chi connectivity index (χ2n) is 5.86. The molecule has 6 nitrogen and oxygen atoms in total. The number of aromatic nitrogens is 2. The van der Waals surface area contributed by atoms with Gasteiger partial charge in [-0.05, 0) is 30.7 Å². The van der Waals surface area contributed by atoms with Crippen molar-refractivity contribution in [2.24, 2.45) is 0 Å². The van der Waals surface area contributed by atoms with Crippen LogP contribution in [0.4, 0.5) is 19.0 Å². The zero-order valence-corrected chi connectivity index (χ0v) is 16.0. The molecule has 0 saturated carbocycles. The van der Waals surface area contributed by atoms with Gasteiger partial charge in [0.2, 0.25) is 5.91 Å². The van der Waals surface area contributed by atoms with E-state index in [2.05, 4.69) is 20.6 Å². The molecule has 0 aliphatic carbocycles. The Morgan fingerprint density at radius 3 is 2.57 bits per heavy atom. The van der Waals surface area contributed by atoms with Gasteiger partial charge in [0.05, 0.1) is 16.8 Å². The zero-order chi connectivity index (χ0) is 20.7. The monoisotopic (exact) mass is 412 g/mol. The maximum atomic E-state index is 12.4. The van der Waals surface area contributed by atoms with Gasteiger partial charge in [-0.2, -0.15) is 13.2 Å². The minimum Gasteiger partial charge on any atom is -0.345 e. The molecule has 2 heterocycles. The molecule has 2 N–H and O–H groups in total. The van der Waals surface area contributed by atoms with E-state index in [1.54, 1.807) is 19.9 Å². The van der Waals surface area contributed by atoms with Gasteiger partial charge in [0.15, 0.2) is 0 Å². The molecule has 2 amide bonds. The lowest BCUT2D eigenvalue weighted by Gasteiger charge is -2.15. The number of carbonyl (C=O) groups excluding carboxylic acids is 2. The lowest BCUT2D eigenvalue weighted by atomic mass is 10.1. The van der Waals surface area contributed by atoms with E-state index >= 15 is 0 Å². The van der Waals surface area contributed by atoms with Crippen molar-refractivity contribution in [3.63, 3.8) is 0 Å². The summed E-state index contributed by atoms with van der Waals surface area (Å²) >= 11 is 0.602.